The van der Waals surface area contributed by atoms with Gasteiger partial charge in [0.05, 0.1) is 24.0 Å². The zero-order valence-electron chi connectivity index (χ0n) is 19.1. The molecule has 3 aromatic heterocycles. The topological polar surface area (TPSA) is 67.0 Å². The normalized spacial score (nSPS) is 17.2. The maximum Gasteiger partial charge on any atom is 0.219 e. The first-order chi connectivity index (χ1) is 16.1. The maximum absolute atomic E-state index is 6.36. The summed E-state index contributed by atoms with van der Waals surface area (Å²) in [5.41, 5.74) is 4.14. The van der Waals surface area contributed by atoms with E-state index in [1.807, 2.05) is 16.9 Å². The van der Waals surface area contributed by atoms with Gasteiger partial charge in [0.15, 0.2) is 5.75 Å². The third kappa shape index (κ3) is 4.13. The first-order valence-electron chi connectivity index (χ1n) is 11.9. The molecular formula is C26H29N5O2. The van der Waals surface area contributed by atoms with Crippen molar-refractivity contribution < 1.29 is 9.47 Å². The van der Waals surface area contributed by atoms with Gasteiger partial charge >= 0.3 is 0 Å². The zero-order chi connectivity index (χ0) is 22.4. The van der Waals surface area contributed by atoms with Crippen molar-refractivity contribution in [1.82, 2.24) is 24.5 Å². The minimum absolute atomic E-state index is 0.332. The highest BCUT2D eigenvalue weighted by Crippen LogP contribution is 2.40. The van der Waals surface area contributed by atoms with Crippen LogP contribution in [0.1, 0.15) is 63.2 Å². The van der Waals surface area contributed by atoms with Gasteiger partial charge in [-0.3, -0.25) is 9.36 Å². The van der Waals surface area contributed by atoms with Crippen molar-refractivity contribution in [3.8, 4) is 22.8 Å². The molecule has 0 atom stereocenters. The lowest BCUT2D eigenvalue weighted by Crippen LogP contribution is -2.15. The SMILES string of the molecule is CC(C)n1cc(-c2ccc3ccc(Oc4cn(C5CC5)nc4C4CCOCC4)nc3c2)cn1. The minimum atomic E-state index is 0.332. The molecule has 1 aliphatic carbocycles. The fourth-order valence-electron chi connectivity index (χ4n) is 4.46. The molecule has 1 aromatic carbocycles. The highest BCUT2D eigenvalue weighted by molar-refractivity contribution is 5.84. The van der Waals surface area contributed by atoms with Gasteiger partial charge in [0.1, 0.15) is 5.69 Å². The van der Waals surface area contributed by atoms with E-state index in [0.29, 0.717) is 23.9 Å². The number of rotatable bonds is 6. The van der Waals surface area contributed by atoms with E-state index in [4.69, 9.17) is 19.6 Å². The van der Waals surface area contributed by atoms with Crippen molar-refractivity contribution in [2.24, 2.45) is 0 Å². The molecule has 1 saturated heterocycles. The van der Waals surface area contributed by atoms with Crippen molar-refractivity contribution in [1.29, 1.82) is 0 Å². The van der Waals surface area contributed by atoms with Crippen LogP contribution in [0.15, 0.2) is 48.9 Å². The molecule has 7 nitrogen and oxygen atoms in total. The van der Waals surface area contributed by atoms with E-state index in [-0.39, 0.29) is 0 Å². The Morgan fingerprint density at radius 1 is 1.00 bits per heavy atom. The third-order valence-electron chi connectivity index (χ3n) is 6.60. The molecule has 0 amide bonds. The second kappa shape index (κ2) is 8.30. The first kappa shape index (κ1) is 20.4. The van der Waals surface area contributed by atoms with E-state index in [1.165, 1.54) is 12.8 Å². The molecule has 0 bridgehead atoms. The lowest BCUT2D eigenvalue weighted by Gasteiger charge is -2.21. The number of hydrogen-bond donors (Lipinski definition) is 0. The lowest BCUT2D eigenvalue weighted by atomic mass is 9.96. The Labute approximate surface area is 193 Å². The Bertz CT molecular complexity index is 1280. The molecule has 0 unspecified atom stereocenters. The molecule has 2 aliphatic rings. The van der Waals surface area contributed by atoms with Gasteiger partial charge in [-0.1, -0.05) is 12.1 Å². The van der Waals surface area contributed by atoms with Gasteiger partial charge < -0.3 is 9.47 Å². The van der Waals surface area contributed by atoms with E-state index >= 15 is 0 Å². The van der Waals surface area contributed by atoms with Crippen LogP contribution in [0.25, 0.3) is 22.0 Å². The summed E-state index contributed by atoms with van der Waals surface area (Å²) >= 11 is 0. The molecule has 2 fully saturated rings. The molecule has 0 spiro atoms. The Morgan fingerprint density at radius 3 is 2.58 bits per heavy atom. The van der Waals surface area contributed by atoms with Gasteiger partial charge in [-0.05, 0) is 57.2 Å². The first-order valence-corrected chi connectivity index (χ1v) is 11.9. The molecule has 1 aliphatic heterocycles. The second-order valence-corrected chi connectivity index (χ2v) is 9.44. The van der Waals surface area contributed by atoms with Crippen molar-refractivity contribution in [3.63, 3.8) is 0 Å². The molecule has 1 saturated carbocycles. The van der Waals surface area contributed by atoms with E-state index in [1.54, 1.807) is 0 Å². The van der Waals surface area contributed by atoms with Crippen LogP contribution in [0.3, 0.4) is 0 Å². The summed E-state index contributed by atoms with van der Waals surface area (Å²) in [6.07, 6.45) is 10.4. The van der Waals surface area contributed by atoms with Crippen LogP contribution >= 0.6 is 0 Å². The van der Waals surface area contributed by atoms with Crippen molar-refractivity contribution in [3.05, 3.63) is 54.6 Å². The van der Waals surface area contributed by atoms with Gasteiger partial charge in [-0.2, -0.15) is 10.2 Å². The molecule has 0 radical (unpaired) electrons. The van der Waals surface area contributed by atoms with E-state index in [0.717, 1.165) is 59.5 Å². The van der Waals surface area contributed by atoms with E-state index in [2.05, 4.69) is 60.3 Å². The van der Waals surface area contributed by atoms with Crippen molar-refractivity contribution in [2.75, 3.05) is 13.2 Å². The summed E-state index contributed by atoms with van der Waals surface area (Å²) in [5.74, 6) is 1.80. The highest BCUT2D eigenvalue weighted by Gasteiger charge is 2.30. The van der Waals surface area contributed by atoms with Crippen LogP contribution in [0.2, 0.25) is 0 Å². The average molecular weight is 444 g/mol. The number of benzene rings is 1. The molecular weight excluding hydrogens is 414 g/mol. The van der Waals surface area contributed by atoms with Crippen LogP contribution in [0, 0.1) is 0 Å². The van der Waals surface area contributed by atoms with Gasteiger partial charge in [0, 0.05) is 48.4 Å². The van der Waals surface area contributed by atoms with E-state index < -0.39 is 0 Å². The largest absolute Gasteiger partial charge is 0.435 e. The summed E-state index contributed by atoms with van der Waals surface area (Å²) in [4.78, 5) is 4.84. The van der Waals surface area contributed by atoms with Gasteiger partial charge in [0.25, 0.3) is 0 Å². The lowest BCUT2D eigenvalue weighted by molar-refractivity contribution is 0.0839. The van der Waals surface area contributed by atoms with Crippen molar-refractivity contribution in [2.45, 2.75) is 57.5 Å². The Morgan fingerprint density at radius 2 is 1.82 bits per heavy atom. The quantitative estimate of drug-likeness (QED) is 0.371. The van der Waals surface area contributed by atoms with Crippen LogP contribution in [0.4, 0.5) is 0 Å². The fourth-order valence-corrected chi connectivity index (χ4v) is 4.46. The van der Waals surface area contributed by atoms with Crippen molar-refractivity contribution >= 4 is 10.9 Å². The Hall–Kier alpha value is -3.19. The molecule has 4 aromatic rings. The van der Waals surface area contributed by atoms with Gasteiger partial charge in [0.2, 0.25) is 5.88 Å². The predicted octanol–water partition coefficient (Wildman–Crippen LogP) is 5.90. The Balaban J connectivity index is 1.31. The van der Waals surface area contributed by atoms with Gasteiger partial charge in [-0.15, -0.1) is 0 Å². The molecule has 7 heteroatoms. The number of pyridine rings is 1. The predicted molar refractivity (Wildman–Crippen MR) is 127 cm³/mol. The standard InChI is InChI=1S/C26H29N5O2/c1-17(2)30-15-21(14-27-30)20-4-3-18-5-8-25(28-23(18)13-20)33-24-16-31(22-6-7-22)29-26(24)19-9-11-32-12-10-19/h3-5,8,13-17,19,22H,6-7,9-12H2,1-2H3. The summed E-state index contributed by atoms with van der Waals surface area (Å²) in [6, 6.07) is 11.2. The maximum atomic E-state index is 6.36. The highest BCUT2D eigenvalue weighted by atomic mass is 16.5. The molecule has 6 rings (SSSR count). The molecule has 0 N–H and O–H groups in total. The van der Waals surface area contributed by atoms with Gasteiger partial charge in [-0.25, -0.2) is 4.98 Å². The van der Waals surface area contributed by atoms with Crippen LogP contribution in [0.5, 0.6) is 11.6 Å². The monoisotopic (exact) mass is 443 g/mol. The number of fused-ring (bicyclic) bond motifs is 1. The number of ether oxygens (including phenoxy) is 2. The third-order valence-corrected chi connectivity index (χ3v) is 6.60. The summed E-state index contributed by atoms with van der Waals surface area (Å²) in [6.45, 7) is 5.82. The molecule has 33 heavy (non-hydrogen) atoms. The minimum Gasteiger partial charge on any atom is -0.435 e. The zero-order valence-corrected chi connectivity index (χ0v) is 19.1. The fraction of sp³-hybridized carbons (Fsp3) is 0.423. The molecule has 170 valence electrons. The number of aromatic nitrogens is 5. The van der Waals surface area contributed by atoms with Crippen LogP contribution in [-0.2, 0) is 4.74 Å². The summed E-state index contributed by atoms with van der Waals surface area (Å²) in [7, 11) is 0. The molecule has 4 heterocycles. The summed E-state index contributed by atoms with van der Waals surface area (Å²) < 4.78 is 16.0. The van der Waals surface area contributed by atoms with Crippen LogP contribution in [-0.4, -0.2) is 37.8 Å². The number of hydrogen-bond acceptors (Lipinski definition) is 5. The Kier molecular flexibility index (Phi) is 5.14. The summed E-state index contributed by atoms with van der Waals surface area (Å²) in [5, 5.41) is 10.5. The smallest absolute Gasteiger partial charge is 0.219 e. The second-order valence-electron chi connectivity index (χ2n) is 9.44. The van der Waals surface area contributed by atoms with Crippen LogP contribution < -0.4 is 4.74 Å². The van der Waals surface area contributed by atoms with E-state index in [9.17, 15) is 0 Å². The number of nitrogens with zero attached hydrogens (tertiary/aromatic N) is 5. The average Bonchev–Trinajstić information content (AvgIpc) is 3.41.